The topological polar surface area (TPSA) is 0 Å². The summed E-state index contributed by atoms with van der Waals surface area (Å²) in [5.74, 6) is 0. The molecule has 0 heterocycles. The fourth-order valence-corrected chi connectivity index (χ4v) is 1.92. The Balaban J connectivity index is 2.80. The van der Waals surface area contributed by atoms with E-state index in [1.807, 2.05) is 0 Å². The van der Waals surface area contributed by atoms with Crippen LogP contribution in [0.5, 0.6) is 0 Å². The fourth-order valence-electron chi connectivity index (χ4n) is 0.846. The number of aryl methyl sites for hydroxylation is 1. The third-order valence-corrected chi connectivity index (χ3v) is 3.50. The molecule has 0 radical (unpaired) electrons. The van der Waals surface area contributed by atoms with Gasteiger partial charge >= 0.3 is 72.9 Å². The molecular formula is C9H12I-. The third-order valence-electron chi connectivity index (χ3n) is 1.54. The second-order valence-electron chi connectivity index (χ2n) is 2.17. The molecule has 0 aliphatic heterocycles. The van der Waals surface area contributed by atoms with Crippen molar-refractivity contribution in [3.63, 3.8) is 0 Å². The fraction of sp³-hybridized carbons (Fsp3) is 0.333. The van der Waals surface area contributed by atoms with Crippen LogP contribution >= 0.6 is 0 Å². The van der Waals surface area contributed by atoms with Gasteiger partial charge in [-0.3, -0.25) is 0 Å². The second kappa shape index (κ2) is 3.96. The standard InChI is InChI=1S/C9H12I/c1-3-8-4-6-9(10-2)7-5-8/h4-7H,3H2,1-2H3/q-1. The van der Waals surface area contributed by atoms with Crippen LogP contribution in [-0.4, -0.2) is 4.93 Å². The number of benzene rings is 1. The Hall–Kier alpha value is -0.0500. The minimum atomic E-state index is 0.291. The first kappa shape index (κ1) is 8.05. The molecule has 1 aromatic rings. The summed E-state index contributed by atoms with van der Waals surface area (Å²) in [5, 5.41) is 0. The van der Waals surface area contributed by atoms with Gasteiger partial charge in [0.1, 0.15) is 0 Å². The number of alkyl halides is 1. The Kier molecular flexibility index (Phi) is 3.19. The summed E-state index contributed by atoms with van der Waals surface area (Å²) in [6, 6.07) is 8.98. The predicted octanol–water partition coefficient (Wildman–Crippen LogP) is -0.863. The van der Waals surface area contributed by atoms with E-state index in [0.29, 0.717) is 21.2 Å². The van der Waals surface area contributed by atoms with Gasteiger partial charge in [-0.05, 0) is 0 Å². The van der Waals surface area contributed by atoms with Gasteiger partial charge in [0.15, 0.2) is 0 Å². The number of hydrogen-bond donors (Lipinski definition) is 0. The van der Waals surface area contributed by atoms with Gasteiger partial charge in [-0.2, -0.15) is 0 Å². The summed E-state index contributed by atoms with van der Waals surface area (Å²) >= 11 is 0.291. The normalized spacial score (nSPS) is 10.2. The maximum atomic E-state index is 2.29. The van der Waals surface area contributed by atoms with Gasteiger partial charge in [0.25, 0.3) is 0 Å². The van der Waals surface area contributed by atoms with Crippen LogP contribution in [0.3, 0.4) is 0 Å². The van der Waals surface area contributed by atoms with Crippen molar-refractivity contribution in [2.75, 3.05) is 4.93 Å². The Morgan fingerprint density at radius 1 is 1.20 bits per heavy atom. The van der Waals surface area contributed by atoms with Crippen LogP contribution in [0.2, 0.25) is 0 Å². The van der Waals surface area contributed by atoms with E-state index in [9.17, 15) is 0 Å². The molecule has 0 fully saturated rings. The molecule has 0 unspecified atom stereocenters. The zero-order chi connectivity index (χ0) is 7.40. The van der Waals surface area contributed by atoms with Crippen molar-refractivity contribution in [2.45, 2.75) is 13.3 Å². The van der Waals surface area contributed by atoms with Crippen molar-refractivity contribution in [1.29, 1.82) is 0 Å². The molecule has 56 valence electrons. The summed E-state index contributed by atoms with van der Waals surface area (Å²) in [6.07, 6.45) is 1.16. The summed E-state index contributed by atoms with van der Waals surface area (Å²) in [4.78, 5) is 2.29. The van der Waals surface area contributed by atoms with E-state index in [4.69, 9.17) is 0 Å². The van der Waals surface area contributed by atoms with Gasteiger partial charge in [-0.15, -0.1) is 0 Å². The predicted molar refractivity (Wildman–Crippen MR) is 40.4 cm³/mol. The molecule has 1 aromatic carbocycles. The Labute approximate surface area is 72.9 Å². The molecule has 0 saturated carbocycles. The molecule has 0 bridgehead atoms. The van der Waals surface area contributed by atoms with Crippen LogP contribution in [0.4, 0.5) is 0 Å². The molecule has 0 N–H and O–H groups in total. The quantitative estimate of drug-likeness (QED) is 0.471. The summed E-state index contributed by atoms with van der Waals surface area (Å²) in [5.41, 5.74) is 1.45. The van der Waals surface area contributed by atoms with Crippen molar-refractivity contribution >= 4 is 0 Å². The number of halogens is 1. The monoisotopic (exact) mass is 247 g/mol. The van der Waals surface area contributed by atoms with E-state index < -0.39 is 0 Å². The Bertz CT molecular complexity index is 165. The van der Waals surface area contributed by atoms with Crippen molar-refractivity contribution in [3.8, 4) is 0 Å². The maximum absolute atomic E-state index is 2.29. The molecule has 1 heteroatoms. The Morgan fingerprint density at radius 3 is 2.20 bits per heavy atom. The average molecular weight is 247 g/mol. The first-order chi connectivity index (χ1) is 4.86. The van der Waals surface area contributed by atoms with Crippen molar-refractivity contribution < 1.29 is 21.2 Å². The molecule has 0 saturated heterocycles. The molecule has 0 aromatic heterocycles. The zero-order valence-electron chi connectivity index (χ0n) is 6.39. The van der Waals surface area contributed by atoms with Gasteiger partial charge in [-0.25, -0.2) is 0 Å². The van der Waals surface area contributed by atoms with Crippen LogP contribution in [0.25, 0.3) is 0 Å². The summed E-state index contributed by atoms with van der Waals surface area (Å²) in [7, 11) is 0. The molecule has 0 spiro atoms. The Morgan fingerprint density at radius 2 is 1.80 bits per heavy atom. The van der Waals surface area contributed by atoms with E-state index in [1.165, 1.54) is 9.13 Å². The van der Waals surface area contributed by atoms with Crippen LogP contribution in [0.1, 0.15) is 12.5 Å². The molecule has 0 aliphatic rings. The average Bonchev–Trinajstić information content (AvgIpc) is 2.05. The van der Waals surface area contributed by atoms with E-state index in [2.05, 4.69) is 36.1 Å². The molecule has 0 nitrogen and oxygen atoms in total. The SMILES string of the molecule is CCc1ccc([I-]C)cc1. The van der Waals surface area contributed by atoms with E-state index in [1.54, 1.807) is 0 Å². The number of rotatable bonds is 2. The van der Waals surface area contributed by atoms with Crippen LogP contribution in [0.15, 0.2) is 24.3 Å². The van der Waals surface area contributed by atoms with Gasteiger partial charge in [0.05, 0.1) is 0 Å². The third kappa shape index (κ3) is 1.97. The van der Waals surface area contributed by atoms with Crippen molar-refractivity contribution in [3.05, 3.63) is 33.4 Å². The zero-order valence-corrected chi connectivity index (χ0v) is 8.55. The van der Waals surface area contributed by atoms with E-state index >= 15 is 0 Å². The second-order valence-corrected chi connectivity index (χ2v) is 4.49. The molecule has 10 heavy (non-hydrogen) atoms. The molecule has 0 aliphatic carbocycles. The molecule has 0 amide bonds. The van der Waals surface area contributed by atoms with Gasteiger partial charge < -0.3 is 0 Å². The van der Waals surface area contributed by atoms with Crippen LogP contribution in [0, 0.1) is 3.57 Å². The number of hydrogen-bond acceptors (Lipinski definition) is 0. The first-order valence-corrected chi connectivity index (χ1v) is 6.69. The molecular weight excluding hydrogens is 235 g/mol. The van der Waals surface area contributed by atoms with E-state index in [-0.39, 0.29) is 0 Å². The molecule has 0 atom stereocenters. The first-order valence-electron chi connectivity index (χ1n) is 3.45. The minimum absolute atomic E-state index is 0.291. The van der Waals surface area contributed by atoms with Crippen molar-refractivity contribution in [2.24, 2.45) is 0 Å². The summed E-state index contributed by atoms with van der Waals surface area (Å²) in [6.45, 7) is 2.19. The van der Waals surface area contributed by atoms with E-state index in [0.717, 1.165) is 6.42 Å². The van der Waals surface area contributed by atoms with Crippen LogP contribution < -0.4 is 21.2 Å². The van der Waals surface area contributed by atoms with Gasteiger partial charge in [-0.1, -0.05) is 0 Å². The summed E-state index contributed by atoms with van der Waals surface area (Å²) < 4.78 is 1.54. The van der Waals surface area contributed by atoms with Crippen LogP contribution in [-0.2, 0) is 6.42 Å². The van der Waals surface area contributed by atoms with Crippen molar-refractivity contribution in [1.82, 2.24) is 0 Å². The molecule has 1 rings (SSSR count). The van der Waals surface area contributed by atoms with Gasteiger partial charge in [0.2, 0.25) is 0 Å². The van der Waals surface area contributed by atoms with Gasteiger partial charge in [0, 0.05) is 0 Å².